The molecule has 0 aliphatic rings. The molecule has 0 saturated carbocycles. The molecule has 0 heterocycles. The SMILES string of the molecule is COc1cc(C(C)C)ccc1C(N)O. The number of aliphatic hydroxyl groups is 1. The van der Waals surface area contributed by atoms with Crippen molar-refractivity contribution in [2.24, 2.45) is 5.73 Å². The Morgan fingerprint density at radius 1 is 1.36 bits per heavy atom. The summed E-state index contributed by atoms with van der Waals surface area (Å²) in [6.07, 6.45) is -0.980. The molecule has 1 atom stereocenters. The highest BCUT2D eigenvalue weighted by Gasteiger charge is 2.10. The molecule has 0 fully saturated rings. The van der Waals surface area contributed by atoms with Crippen molar-refractivity contribution in [1.29, 1.82) is 0 Å². The Morgan fingerprint density at radius 3 is 2.43 bits per heavy atom. The van der Waals surface area contributed by atoms with Crippen LogP contribution in [0.25, 0.3) is 0 Å². The van der Waals surface area contributed by atoms with Crippen molar-refractivity contribution in [1.82, 2.24) is 0 Å². The lowest BCUT2D eigenvalue weighted by molar-refractivity contribution is 0.181. The van der Waals surface area contributed by atoms with Gasteiger partial charge in [-0.25, -0.2) is 0 Å². The van der Waals surface area contributed by atoms with Crippen LogP contribution in [0.2, 0.25) is 0 Å². The molecule has 0 aromatic heterocycles. The van der Waals surface area contributed by atoms with Crippen LogP contribution in [0.3, 0.4) is 0 Å². The van der Waals surface area contributed by atoms with Gasteiger partial charge in [-0.05, 0) is 17.5 Å². The van der Waals surface area contributed by atoms with Gasteiger partial charge in [0, 0.05) is 5.56 Å². The van der Waals surface area contributed by atoms with E-state index in [9.17, 15) is 5.11 Å². The molecule has 0 bridgehead atoms. The van der Waals surface area contributed by atoms with Gasteiger partial charge in [0.05, 0.1) is 7.11 Å². The average molecular weight is 195 g/mol. The van der Waals surface area contributed by atoms with Gasteiger partial charge in [-0.2, -0.15) is 0 Å². The number of methoxy groups -OCH3 is 1. The molecule has 0 saturated heterocycles. The van der Waals surface area contributed by atoms with Crippen LogP contribution in [-0.2, 0) is 0 Å². The standard InChI is InChI=1S/C11H17NO2/c1-7(2)8-4-5-9(11(12)13)10(6-8)14-3/h4-7,11,13H,12H2,1-3H3. The number of benzene rings is 1. The van der Waals surface area contributed by atoms with E-state index in [1.165, 1.54) is 5.56 Å². The topological polar surface area (TPSA) is 55.5 Å². The fourth-order valence-corrected chi connectivity index (χ4v) is 1.33. The predicted molar refractivity (Wildman–Crippen MR) is 56.2 cm³/mol. The molecule has 14 heavy (non-hydrogen) atoms. The normalized spacial score (nSPS) is 13.0. The summed E-state index contributed by atoms with van der Waals surface area (Å²) in [5.41, 5.74) is 7.19. The van der Waals surface area contributed by atoms with E-state index in [0.717, 1.165) is 0 Å². The summed E-state index contributed by atoms with van der Waals surface area (Å²) in [6.45, 7) is 4.21. The van der Waals surface area contributed by atoms with Crippen molar-refractivity contribution in [2.75, 3.05) is 7.11 Å². The first-order valence-electron chi connectivity index (χ1n) is 4.67. The Morgan fingerprint density at radius 2 is 2.00 bits per heavy atom. The lowest BCUT2D eigenvalue weighted by atomic mass is 10.0. The minimum absolute atomic E-state index is 0.438. The summed E-state index contributed by atoms with van der Waals surface area (Å²) >= 11 is 0. The first-order chi connectivity index (χ1) is 6.56. The van der Waals surface area contributed by atoms with Crippen LogP contribution in [0.15, 0.2) is 18.2 Å². The van der Waals surface area contributed by atoms with E-state index in [2.05, 4.69) is 13.8 Å². The van der Waals surface area contributed by atoms with Gasteiger partial charge in [-0.1, -0.05) is 26.0 Å². The first kappa shape index (κ1) is 11.0. The molecular weight excluding hydrogens is 178 g/mol. The highest BCUT2D eigenvalue weighted by atomic mass is 16.5. The molecule has 0 amide bonds. The van der Waals surface area contributed by atoms with Gasteiger partial charge in [0.25, 0.3) is 0 Å². The van der Waals surface area contributed by atoms with E-state index in [1.54, 1.807) is 13.2 Å². The Kier molecular flexibility index (Phi) is 3.49. The van der Waals surface area contributed by atoms with Crippen molar-refractivity contribution in [3.63, 3.8) is 0 Å². The maximum Gasteiger partial charge on any atom is 0.132 e. The molecule has 0 aliphatic heterocycles. The third-order valence-electron chi connectivity index (χ3n) is 2.24. The molecule has 78 valence electrons. The van der Waals surface area contributed by atoms with Gasteiger partial charge >= 0.3 is 0 Å². The lowest BCUT2D eigenvalue weighted by Crippen LogP contribution is -2.10. The third-order valence-corrected chi connectivity index (χ3v) is 2.24. The highest BCUT2D eigenvalue weighted by Crippen LogP contribution is 2.27. The summed E-state index contributed by atoms with van der Waals surface area (Å²) in [6, 6.07) is 5.67. The number of hydrogen-bond donors (Lipinski definition) is 2. The second-order valence-electron chi connectivity index (χ2n) is 3.60. The summed E-state index contributed by atoms with van der Waals surface area (Å²) in [5.74, 6) is 1.08. The molecule has 1 aromatic rings. The largest absolute Gasteiger partial charge is 0.496 e. The van der Waals surface area contributed by atoms with E-state index in [4.69, 9.17) is 10.5 Å². The fourth-order valence-electron chi connectivity index (χ4n) is 1.33. The molecule has 1 aromatic carbocycles. The molecule has 0 spiro atoms. The zero-order valence-corrected chi connectivity index (χ0v) is 8.82. The smallest absolute Gasteiger partial charge is 0.132 e. The molecule has 1 rings (SSSR count). The van der Waals surface area contributed by atoms with Gasteiger partial charge in [0.15, 0.2) is 0 Å². The first-order valence-corrected chi connectivity index (χ1v) is 4.67. The summed E-state index contributed by atoms with van der Waals surface area (Å²) in [7, 11) is 1.57. The molecule has 1 unspecified atom stereocenters. The zero-order chi connectivity index (χ0) is 10.7. The average Bonchev–Trinajstić information content (AvgIpc) is 2.16. The molecule has 0 aliphatic carbocycles. The number of rotatable bonds is 3. The van der Waals surface area contributed by atoms with Gasteiger partial charge in [0.2, 0.25) is 0 Å². The molecule has 3 heteroatoms. The second-order valence-corrected chi connectivity index (χ2v) is 3.60. The van der Waals surface area contributed by atoms with Crippen molar-refractivity contribution < 1.29 is 9.84 Å². The quantitative estimate of drug-likeness (QED) is 0.723. The van der Waals surface area contributed by atoms with Crippen molar-refractivity contribution in [3.8, 4) is 5.75 Å². The van der Waals surface area contributed by atoms with Crippen molar-refractivity contribution >= 4 is 0 Å². The number of nitrogens with two attached hydrogens (primary N) is 1. The van der Waals surface area contributed by atoms with E-state index < -0.39 is 6.23 Å². The highest BCUT2D eigenvalue weighted by molar-refractivity contribution is 5.39. The Labute approximate surface area is 84.5 Å². The fraction of sp³-hybridized carbons (Fsp3) is 0.455. The zero-order valence-electron chi connectivity index (χ0n) is 8.82. The van der Waals surface area contributed by atoms with E-state index in [1.807, 2.05) is 12.1 Å². The van der Waals surface area contributed by atoms with Crippen LogP contribution in [0.5, 0.6) is 5.75 Å². The molecule has 3 nitrogen and oxygen atoms in total. The van der Waals surface area contributed by atoms with Gasteiger partial charge in [0.1, 0.15) is 12.0 Å². The Balaban J connectivity index is 3.11. The van der Waals surface area contributed by atoms with Crippen molar-refractivity contribution in [2.45, 2.75) is 26.0 Å². The monoisotopic (exact) mass is 195 g/mol. The van der Waals surface area contributed by atoms with Gasteiger partial charge in [-0.3, -0.25) is 0 Å². The number of ether oxygens (including phenoxy) is 1. The minimum Gasteiger partial charge on any atom is -0.496 e. The van der Waals surface area contributed by atoms with Crippen molar-refractivity contribution in [3.05, 3.63) is 29.3 Å². The van der Waals surface area contributed by atoms with Crippen LogP contribution >= 0.6 is 0 Å². The molecule has 0 radical (unpaired) electrons. The van der Waals surface area contributed by atoms with Crippen LogP contribution in [-0.4, -0.2) is 12.2 Å². The van der Waals surface area contributed by atoms with E-state index in [-0.39, 0.29) is 0 Å². The lowest BCUT2D eigenvalue weighted by Gasteiger charge is -2.13. The third kappa shape index (κ3) is 2.25. The summed E-state index contributed by atoms with van der Waals surface area (Å²) in [4.78, 5) is 0. The Bertz CT molecular complexity index is 308. The maximum absolute atomic E-state index is 9.26. The minimum atomic E-state index is -0.980. The van der Waals surface area contributed by atoms with E-state index in [0.29, 0.717) is 17.2 Å². The van der Waals surface area contributed by atoms with Gasteiger partial charge in [-0.15, -0.1) is 0 Å². The summed E-state index contributed by atoms with van der Waals surface area (Å²) < 4.78 is 5.16. The van der Waals surface area contributed by atoms with E-state index >= 15 is 0 Å². The van der Waals surface area contributed by atoms with Crippen LogP contribution in [0, 0.1) is 0 Å². The van der Waals surface area contributed by atoms with Crippen LogP contribution in [0.1, 0.15) is 37.1 Å². The van der Waals surface area contributed by atoms with Crippen LogP contribution in [0.4, 0.5) is 0 Å². The summed E-state index contributed by atoms with van der Waals surface area (Å²) in [5, 5.41) is 9.26. The second kappa shape index (κ2) is 4.44. The number of hydrogen-bond acceptors (Lipinski definition) is 3. The molecular formula is C11H17NO2. The van der Waals surface area contributed by atoms with Gasteiger partial charge < -0.3 is 15.6 Å². The number of aliphatic hydroxyl groups excluding tert-OH is 1. The van der Waals surface area contributed by atoms with Crippen LogP contribution < -0.4 is 10.5 Å². The Hall–Kier alpha value is -1.06. The maximum atomic E-state index is 9.26. The predicted octanol–water partition coefficient (Wildman–Crippen LogP) is 1.77. The molecule has 3 N–H and O–H groups in total.